The number of carbonyl (C=O) groups excluding carboxylic acids is 1. The van der Waals surface area contributed by atoms with E-state index in [1.807, 2.05) is 0 Å². The average Bonchev–Trinajstić information content (AvgIpc) is 3.19. The Morgan fingerprint density at radius 1 is 0.950 bits per heavy atom. The van der Waals surface area contributed by atoms with E-state index in [-0.39, 0.29) is 11.8 Å². The highest BCUT2D eigenvalue weighted by Gasteiger charge is 2.54. The Morgan fingerprint density at radius 3 is 2.10 bits per heavy atom. The third-order valence-electron chi connectivity index (χ3n) is 5.72. The van der Waals surface area contributed by atoms with Crippen LogP contribution in [0.2, 0.25) is 0 Å². The smallest absolute Gasteiger partial charge is 0.306 e. The summed E-state index contributed by atoms with van der Waals surface area (Å²) in [6.07, 6.45) is 8.49. The van der Waals surface area contributed by atoms with Gasteiger partial charge in [0.15, 0.2) is 0 Å². The number of nitrogens with one attached hydrogen (secondary N) is 1. The molecule has 0 aromatic heterocycles. The molecule has 112 valence electrons. The summed E-state index contributed by atoms with van der Waals surface area (Å²) in [5.74, 6) is 1.58. The van der Waals surface area contributed by atoms with Gasteiger partial charge in [-0.05, 0) is 56.3 Å². The molecule has 3 aliphatic carbocycles. The minimum absolute atomic E-state index is 0.159. The summed E-state index contributed by atoms with van der Waals surface area (Å²) in [6, 6.07) is 0. The second-order valence-corrected chi connectivity index (χ2v) is 6.94. The van der Waals surface area contributed by atoms with Crippen molar-refractivity contribution in [3.8, 4) is 0 Å². The van der Waals surface area contributed by atoms with Gasteiger partial charge in [-0.3, -0.25) is 9.59 Å². The Morgan fingerprint density at radius 2 is 1.55 bits per heavy atom. The zero-order chi connectivity index (χ0) is 14.1. The van der Waals surface area contributed by atoms with Crippen molar-refractivity contribution in [3.63, 3.8) is 0 Å². The van der Waals surface area contributed by atoms with E-state index in [4.69, 9.17) is 5.11 Å². The first kappa shape index (κ1) is 13.9. The van der Waals surface area contributed by atoms with Crippen LogP contribution in [-0.2, 0) is 9.59 Å². The van der Waals surface area contributed by atoms with E-state index >= 15 is 0 Å². The fourth-order valence-electron chi connectivity index (χ4n) is 4.36. The number of carboxylic acids is 1. The number of hydrogen-bond acceptors (Lipinski definition) is 2. The minimum atomic E-state index is -0.658. The van der Waals surface area contributed by atoms with E-state index in [1.165, 1.54) is 25.7 Å². The highest BCUT2D eigenvalue weighted by Crippen LogP contribution is 2.55. The predicted molar refractivity (Wildman–Crippen MR) is 75.0 cm³/mol. The molecule has 0 aromatic carbocycles. The fraction of sp³-hybridized carbons (Fsp3) is 0.875. The van der Waals surface area contributed by atoms with Crippen molar-refractivity contribution in [2.24, 2.45) is 29.6 Å². The van der Waals surface area contributed by atoms with Gasteiger partial charge in [0.1, 0.15) is 0 Å². The summed E-state index contributed by atoms with van der Waals surface area (Å²) in [4.78, 5) is 23.1. The van der Waals surface area contributed by atoms with Crippen LogP contribution in [0.3, 0.4) is 0 Å². The Bertz CT molecular complexity index is 375. The molecular weight excluding hydrogens is 254 g/mol. The number of amides is 1. The van der Waals surface area contributed by atoms with E-state index in [0.717, 1.165) is 32.2 Å². The summed E-state index contributed by atoms with van der Waals surface area (Å²) >= 11 is 0. The molecule has 0 heterocycles. The van der Waals surface area contributed by atoms with Crippen LogP contribution >= 0.6 is 0 Å². The fourth-order valence-corrected chi connectivity index (χ4v) is 4.36. The van der Waals surface area contributed by atoms with Crippen LogP contribution in [-0.4, -0.2) is 23.5 Å². The maximum Gasteiger partial charge on any atom is 0.306 e. The second kappa shape index (κ2) is 5.74. The molecule has 3 rings (SSSR count). The van der Waals surface area contributed by atoms with E-state index in [9.17, 15) is 9.59 Å². The lowest BCUT2D eigenvalue weighted by molar-refractivity contribution is -0.143. The molecule has 3 aliphatic rings. The maximum absolute atomic E-state index is 12.2. The van der Waals surface area contributed by atoms with Gasteiger partial charge in [-0.1, -0.05) is 12.8 Å². The molecule has 0 aromatic rings. The lowest BCUT2D eigenvalue weighted by Gasteiger charge is -2.26. The Kier molecular flexibility index (Phi) is 3.99. The quantitative estimate of drug-likeness (QED) is 0.830. The average molecular weight is 279 g/mol. The molecule has 0 spiro atoms. The number of aliphatic carboxylic acids is 1. The van der Waals surface area contributed by atoms with E-state index in [0.29, 0.717) is 23.7 Å². The molecule has 3 fully saturated rings. The molecular formula is C16H25NO3. The van der Waals surface area contributed by atoms with Gasteiger partial charge in [0.25, 0.3) is 0 Å². The van der Waals surface area contributed by atoms with Gasteiger partial charge in [-0.25, -0.2) is 0 Å². The largest absolute Gasteiger partial charge is 0.481 e. The van der Waals surface area contributed by atoms with E-state index in [2.05, 4.69) is 5.32 Å². The van der Waals surface area contributed by atoms with Crippen LogP contribution in [0, 0.1) is 29.6 Å². The molecule has 0 bridgehead atoms. The van der Waals surface area contributed by atoms with Crippen LogP contribution < -0.4 is 5.32 Å². The zero-order valence-corrected chi connectivity index (χ0v) is 12.0. The van der Waals surface area contributed by atoms with Crippen molar-refractivity contribution in [3.05, 3.63) is 0 Å². The van der Waals surface area contributed by atoms with E-state index < -0.39 is 5.97 Å². The summed E-state index contributed by atoms with van der Waals surface area (Å²) < 4.78 is 0. The van der Waals surface area contributed by atoms with Gasteiger partial charge in [0, 0.05) is 12.5 Å². The third-order valence-corrected chi connectivity index (χ3v) is 5.72. The molecule has 0 saturated heterocycles. The van der Waals surface area contributed by atoms with Gasteiger partial charge in [-0.15, -0.1) is 0 Å². The Balaban J connectivity index is 1.38. The van der Waals surface area contributed by atoms with Crippen LogP contribution in [0.25, 0.3) is 0 Å². The number of carbonyl (C=O) groups is 2. The molecule has 0 radical (unpaired) electrons. The molecule has 0 aliphatic heterocycles. The SMILES string of the molecule is O=C(O)C1CCC(CNC(=O)C2C3CCCCC32)CC1. The van der Waals surface area contributed by atoms with Crippen molar-refractivity contribution < 1.29 is 14.7 Å². The summed E-state index contributed by atoms with van der Waals surface area (Å²) in [5, 5.41) is 12.1. The number of fused-ring (bicyclic) bond motifs is 1. The van der Waals surface area contributed by atoms with Gasteiger partial charge < -0.3 is 10.4 Å². The van der Waals surface area contributed by atoms with Gasteiger partial charge in [-0.2, -0.15) is 0 Å². The van der Waals surface area contributed by atoms with Crippen LogP contribution in [0.1, 0.15) is 51.4 Å². The summed E-state index contributed by atoms with van der Waals surface area (Å²) in [5.41, 5.74) is 0. The number of hydrogen-bond donors (Lipinski definition) is 2. The highest BCUT2D eigenvalue weighted by atomic mass is 16.4. The zero-order valence-electron chi connectivity index (χ0n) is 12.0. The molecule has 4 heteroatoms. The van der Waals surface area contributed by atoms with Crippen molar-refractivity contribution >= 4 is 11.9 Å². The van der Waals surface area contributed by atoms with Gasteiger partial charge >= 0.3 is 5.97 Å². The standard InChI is InChI=1S/C16H25NO3/c18-15(14-12-3-1-2-4-13(12)14)17-9-10-5-7-11(8-6-10)16(19)20/h10-14H,1-9H2,(H,17,18)(H,19,20). The Labute approximate surface area is 120 Å². The molecule has 2 atom stereocenters. The first-order chi connectivity index (χ1) is 9.66. The monoisotopic (exact) mass is 279 g/mol. The molecule has 2 N–H and O–H groups in total. The van der Waals surface area contributed by atoms with E-state index in [1.54, 1.807) is 0 Å². The van der Waals surface area contributed by atoms with Gasteiger partial charge in [0.2, 0.25) is 5.91 Å². The maximum atomic E-state index is 12.2. The topological polar surface area (TPSA) is 66.4 Å². The van der Waals surface area contributed by atoms with Crippen LogP contribution in [0.15, 0.2) is 0 Å². The number of carboxylic acid groups (broad SMARTS) is 1. The normalized spacial score (nSPS) is 39.7. The van der Waals surface area contributed by atoms with Crippen molar-refractivity contribution in [1.29, 1.82) is 0 Å². The van der Waals surface area contributed by atoms with Crippen molar-refractivity contribution in [1.82, 2.24) is 5.32 Å². The van der Waals surface area contributed by atoms with Crippen molar-refractivity contribution in [2.75, 3.05) is 6.54 Å². The lowest BCUT2D eigenvalue weighted by atomic mass is 9.82. The van der Waals surface area contributed by atoms with Gasteiger partial charge in [0.05, 0.1) is 5.92 Å². The van der Waals surface area contributed by atoms with Crippen molar-refractivity contribution in [2.45, 2.75) is 51.4 Å². The molecule has 20 heavy (non-hydrogen) atoms. The second-order valence-electron chi connectivity index (χ2n) is 6.94. The minimum Gasteiger partial charge on any atom is -0.481 e. The molecule has 1 amide bonds. The molecule has 2 unspecified atom stereocenters. The van der Waals surface area contributed by atoms with Crippen LogP contribution in [0.4, 0.5) is 0 Å². The lowest BCUT2D eigenvalue weighted by Crippen LogP contribution is -2.33. The highest BCUT2D eigenvalue weighted by molar-refractivity contribution is 5.82. The van der Waals surface area contributed by atoms with Crippen LogP contribution in [0.5, 0.6) is 0 Å². The molecule has 4 nitrogen and oxygen atoms in total. The summed E-state index contributed by atoms with van der Waals surface area (Å²) in [7, 11) is 0. The molecule has 3 saturated carbocycles. The predicted octanol–water partition coefficient (Wildman–Crippen LogP) is 2.43. The first-order valence-corrected chi connectivity index (χ1v) is 8.17. The first-order valence-electron chi connectivity index (χ1n) is 8.17. The summed E-state index contributed by atoms with van der Waals surface area (Å²) in [6.45, 7) is 0.751. The number of rotatable bonds is 4. The Hall–Kier alpha value is -1.06. The third kappa shape index (κ3) is 2.84.